The predicted molar refractivity (Wildman–Crippen MR) is 107 cm³/mol. The lowest BCUT2D eigenvalue weighted by atomic mass is 10.1. The minimum Gasteiger partial charge on any atom is -0.452 e. The van der Waals surface area contributed by atoms with Crippen LogP contribution in [0.2, 0.25) is 0 Å². The van der Waals surface area contributed by atoms with Gasteiger partial charge >= 0.3 is 5.97 Å². The van der Waals surface area contributed by atoms with Crippen molar-refractivity contribution in [1.82, 2.24) is 4.31 Å². The first-order chi connectivity index (χ1) is 13.3. The Labute approximate surface area is 165 Å². The van der Waals surface area contributed by atoms with E-state index in [9.17, 15) is 18.0 Å². The Kier molecular flexibility index (Phi) is 7.31. The van der Waals surface area contributed by atoms with E-state index in [2.05, 4.69) is 5.32 Å². The fourth-order valence-electron chi connectivity index (χ4n) is 2.63. The fourth-order valence-corrected chi connectivity index (χ4v) is 4.09. The first kappa shape index (κ1) is 21.6. The molecule has 0 saturated carbocycles. The summed E-state index contributed by atoms with van der Waals surface area (Å²) in [7, 11) is -3.55. The van der Waals surface area contributed by atoms with E-state index in [1.54, 1.807) is 39.0 Å². The number of amides is 1. The molecule has 1 N–H and O–H groups in total. The lowest BCUT2D eigenvalue weighted by Crippen LogP contribution is -2.30. The van der Waals surface area contributed by atoms with Gasteiger partial charge in [-0.3, -0.25) is 4.79 Å². The van der Waals surface area contributed by atoms with Crippen LogP contribution in [0.25, 0.3) is 0 Å². The third-order valence-corrected chi connectivity index (χ3v) is 6.24. The predicted octanol–water partition coefficient (Wildman–Crippen LogP) is 2.82. The largest absolute Gasteiger partial charge is 0.452 e. The molecule has 0 aliphatic carbocycles. The highest BCUT2D eigenvalue weighted by molar-refractivity contribution is 7.89. The number of benzene rings is 2. The van der Waals surface area contributed by atoms with Crippen LogP contribution in [0.15, 0.2) is 53.4 Å². The standard InChI is InChI=1S/C20H24N2O5S/c1-4-22(5-2)28(25,26)17-12-10-16(11-13-17)21-19(23)14-27-20(24)18-9-7-6-8-15(18)3/h6-13H,4-5,14H2,1-3H3,(H,21,23). The van der Waals surface area contributed by atoms with Crippen molar-refractivity contribution >= 4 is 27.6 Å². The zero-order chi connectivity index (χ0) is 20.7. The van der Waals surface area contributed by atoms with Crippen LogP contribution in [0.3, 0.4) is 0 Å². The number of hydrogen-bond donors (Lipinski definition) is 1. The molecule has 0 aliphatic rings. The van der Waals surface area contributed by atoms with Crippen LogP contribution >= 0.6 is 0 Å². The zero-order valence-electron chi connectivity index (χ0n) is 16.1. The minimum atomic E-state index is -3.55. The summed E-state index contributed by atoms with van der Waals surface area (Å²) >= 11 is 0. The molecule has 150 valence electrons. The first-order valence-corrected chi connectivity index (χ1v) is 10.4. The van der Waals surface area contributed by atoms with Crippen molar-refractivity contribution in [1.29, 1.82) is 0 Å². The van der Waals surface area contributed by atoms with Gasteiger partial charge in [0.1, 0.15) is 0 Å². The van der Waals surface area contributed by atoms with E-state index in [4.69, 9.17) is 4.74 Å². The lowest BCUT2D eigenvalue weighted by molar-refractivity contribution is -0.119. The number of ether oxygens (including phenoxy) is 1. The maximum atomic E-state index is 12.4. The summed E-state index contributed by atoms with van der Waals surface area (Å²) in [5.74, 6) is -1.09. The number of sulfonamides is 1. The molecule has 8 heteroatoms. The molecular formula is C20H24N2O5S. The van der Waals surface area contributed by atoms with E-state index in [1.807, 2.05) is 6.07 Å². The molecule has 0 bridgehead atoms. The van der Waals surface area contributed by atoms with E-state index >= 15 is 0 Å². The highest BCUT2D eigenvalue weighted by Gasteiger charge is 2.21. The summed E-state index contributed by atoms with van der Waals surface area (Å²) in [5.41, 5.74) is 1.58. The maximum absolute atomic E-state index is 12.4. The Balaban J connectivity index is 1.96. The van der Waals surface area contributed by atoms with Crippen LogP contribution < -0.4 is 5.32 Å². The quantitative estimate of drug-likeness (QED) is 0.683. The fraction of sp³-hybridized carbons (Fsp3) is 0.300. The minimum absolute atomic E-state index is 0.153. The van der Waals surface area contributed by atoms with E-state index in [1.165, 1.54) is 28.6 Å². The molecule has 0 fully saturated rings. The molecule has 0 radical (unpaired) electrons. The molecular weight excluding hydrogens is 380 g/mol. The van der Waals surface area contributed by atoms with E-state index in [-0.39, 0.29) is 4.90 Å². The highest BCUT2D eigenvalue weighted by atomic mass is 32.2. The van der Waals surface area contributed by atoms with Crippen LogP contribution in [0, 0.1) is 6.92 Å². The molecule has 2 aromatic carbocycles. The van der Waals surface area contributed by atoms with Crippen LogP contribution in [0.5, 0.6) is 0 Å². The van der Waals surface area contributed by atoms with Gasteiger partial charge in [0, 0.05) is 18.8 Å². The third-order valence-electron chi connectivity index (χ3n) is 4.18. The maximum Gasteiger partial charge on any atom is 0.338 e. The van der Waals surface area contributed by atoms with Gasteiger partial charge in [0.15, 0.2) is 6.61 Å². The lowest BCUT2D eigenvalue weighted by Gasteiger charge is -2.18. The van der Waals surface area contributed by atoms with Crippen molar-refractivity contribution in [2.24, 2.45) is 0 Å². The molecule has 0 spiro atoms. The molecule has 0 saturated heterocycles. The van der Waals surface area contributed by atoms with Gasteiger partial charge in [-0.25, -0.2) is 13.2 Å². The van der Waals surface area contributed by atoms with Gasteiger partial charge in [-0.1, -0.05) is 32.0 Å². The second-order valence-corrected chi connectivity index (χ2v) is 7.99. The number of nitrogens with zero attached hydrogens (tertiary/aromatic N) is 1. The van der Waals surface area contributed by atoms with Crippen molar-refractivity contribution in [2.45, 2.75) is 25.7 Å². The summed E-state index contributed by atoms with van der Waals surface area (Å²) in [6, 6.07) is 12.8. The second-order valence-electron chi connectivity index (χ2n) is 6.05. The number of rotatable bonds is 8. The topological polar surface area (TPSA) is 92.8 Å². The van der Waals surface area contributed by atoms with Gasteiger partial charge in [-0.05, 0) is 42.8 Å². The molecule has 1 amide bonds. The Morgan fingerprint density at radius 3 is 2.18 bits per heavy atom. The summed E-state index contributed by atoms with van der Waals surface area (Å²) in [6.45, 7) is 5.64. The van der Waals surface area contributed by atoms with Gasteiger partial charge < -0.3 is 10.1 Å². The SMILES string of the molecule is CCN(CC)S(=O)(=O)c1ccc(NC(=O)COC(=O)c2ccccc2C)cc1. The molecule has 0 heterocycles. The molecule has 7 nitrogen and oxygen atoms in total. The summed E-state index contributed by atoms with van der Waals surface area (Å²) in [5, 5.41) is 2.57. The molecule has 28 heavy (non-hydrogen) atoms. The average Bonchev–Trinajstić information content (AvgIpc) is 2.67. The van der Waals surface area contributed by atoms with Crippen molar-refractivity contribution in [3.05, 3.63) is 59.7 Å². The number of carbonyl (C=O) groups is 2. The number of carbonyl (C=O) groups excluding carboxylic acids is 2. The van der Waals surface area contributed by atoms with Gasteiger partial charge in [-0.2, -0.15) is 4.31 Å². The molecule has 0 unspecified atom stereocenters. The number of anilines is 1. The molecule has 0 aliphatic heterocycles. The van der Waals surface area contributed by atoms with Gasteiger partial charge in [0.25, 0.3) is 5.91 Å². The number of hydrogen-bond acceptors (Lipinski definition) is 5. The zero-order valence-corrected chi connectivity index (χ0v) is 17.0. The summed E-state index contributed by atoms with van der Waals surface area (Å²) < 4.78 is 31.3. The number of aryl methyl sites for hydroxylation is 1. The van der Waals surface area contributed by atoms with Crippen LogP contribution in [0.1, 0.15) is 29.8 Å². The monoisotopic (exact) mass is 404 g/mol. The van der Waals surface area contributed by atoms with Crippen molar-refractivity contribution in [2.75, 3.05) is 25.0 Å². The highest BCUT2D eigenvalue weighted by Crippen LogP contribution is 2.18. The Hall–Kier alpha value is -2.71. The third kappa shape index (κ3) is 5.17. The van der Waals surface area contributed by atoms with Crippen LogP contribution in [0.4, 0.5) is 5.69 Å². The number of nitrogens with one attached hydrogen (secondary N) is 1. The first-order valence-electron chi connectivity index (χ1n) is 8.92. The van der Waals surface area contributed by atoms with E-state index in [0.717, 1.165) is 5.56 Å². The van der Waals surface area contributed by atoms with Crippen molar-refractivity contribution in [3.63, 3.8) is 0 Å². The van der Waals surface area contributed by atoms with Crippen molar-refractivity contribution in [3.8, 4) is 0 Å². The normalized spacial score (nSPS) is 11.3. The van der Waals surface area contributed by atoms with Gasteiger partial charge in [0.05, 0.1) is 10.5 Å². The summed E-state index contributed by atoms with van der Waals surface area (Å²) in [6.07, 6.45) is 0. The Bertz CT molecular complexity index is 935. The van der Waals surface area contributed by atoms with Gasteiger partial charge in [0.2, 0.25) is 10.0 Å². The Morgan fingerprint density at radius 2 is 1.61 bits per heavy atom. The average molecular weight is 404 g/mol. The smallest absolute Gasteiger partial charge is 0.338 e. The second kappa shape index (κ2) is 9.48. The molecule has 0 aromatic heterocycles. The van der Waals surface area contributed by atoms with E-state index in [0.29, 0.717) is 24.3 Å². The van der Waals surface area contributed by atoms with Crippen LogP contribution in [-0.4, -0.2) is 44.3 Å². The molecule has 2 aromatic rings. The number of esters is 1. The van der Waals surface area contributed by atoms with Crippen LogP contribution in [-0.2, 0) is 19.6 Å². The van der Waals surface area contributed by atoms with E-state index < -0.39 is 28.5 Å². The summed E-state index contributed by atoms with van der Waals surface area (Å²) in [4.78, 5) is 24.2. The molecule has 2 rings (SSSR count). The Morgan fingerprint density at radius 1 is 1.00 bits per heavy atom. The van der Waals surface area contributed by atoms with Gasteiger partial charge in [-0.15, -0.1) is 0 Å². The van der Waals surface area contributed by atoms with Crippen molar-refractivity contribution < 1.29 is 22.7 Å². The molecule has 0 atom stereocenters.